The highest BCUT2D eigenvalue weighted by Gasteiger charge is 2.02. The lowest BCUT2D eigenvalue weighted by Gasteiger charge is -2.04. The summed E-state index contributed by atoms with van der Waals surface area (Å²) in [5.41, 5.74) is 7.05. The molecule has 4 rings (SSSR count). The van der Waals surface area contributed by atoms with E-state index in [1.165, 1.54) is 0 Å². The smallest absolute Gasteiger partial charge is 0.124 e. The monoisotopic (exact) mass is 502 g/mol. The van der Waals surface area contributed by atoms with Gasteiger partial charge in [-0.05, 0) is 77.2 Å². The maximum atomic E-state index is 10.0. The Morgan fingerprint density at radius 1 is 0.543 bits per heavy atom. The fourth-order valence-electron chi connectivity index (χ4n) is 3.50. The maximum absolute atomic E-state index is 10.0. The van der Waals surface area contributed by atoms with E-state index in [1.807, 2.05) is 60.7 Å². The lowest BCUT2D eigenvalue weighted by atomic mass is 10.0. The number of alkyl halides is 2. The summed E-state index contributed by atoms with van der Waals surface area (Å²) in [5.74, 6) is 1.12. The largest absolute Gasteiger partial charge is 0.507 e. The van der Waals surface area contributed by atoms with Gasteiger partial charge in [0.25, 0.3) is 0 Å². The minimum atomic E-state index is 0.174. The van der Waals surface area contributed by atoms with Gasteiger partial charge in [-0.15, -0.1) is 23.2 Å². The van der Waals surface area contributed by atoms with Crippen LogP contribution in [0, 0.1) is 0 Å². The summed E-state index contributed by atoms with van der Waals surface area (Å²) in [6.07, 6.45) is 4.07. The van der Waals surface area contributed by atoms with Crippen LogP contribution in [0.15, 0.2) is 94.9 Å². The summed E-state index contributed by atoms with van der Waals surface area (Å²) < 4.78 is 0. The molecule has 0 bridgehead atoms. The Morgan fingerprint density at radius 2 is 0.914 bits per heavy atom. The number of hydrogen-bond donors (Lipinski definition) is 2. The zero-order chi connectivity index (χ0) is 24.6. The number of halogens is 2. The summed E-state index contributed by atoms with van der Waals surface area (Å²) in [6.45, 7) is 0. The van der Waals surface area contributed by atoms with E-state index in [4.69, 9.17) is 23.2 Å². The highest BCUT2D eigenvalue weighted by Crippen LogP contribution is 2.22. The standard InChI is InChI=1S/C29H24Cl2N2O2/c30-16-22-5-11-28(34)24(14-22)18-32-26-7-1-20(2-8-26)13-21-3-9-27(10-4-21)33-19-25-15-23(17-31)6-12-29(25)35/h1-12,14-15,18-19,34-35H,13,16-17H2. The van der Waals surface area contributed by atoms with Gasteiger partial charge in [0.1, 0.15) is 11.5 Å². The molecule has 0 aromatic heterocycles. The van der Waals surface area contributed by atoms with Crippen molar-refractivity contribution in [1.82, 2.24) is 0 Å². The summed E-state index contributed by atoms with van der Waals surface area (Å²) in [4.78, 5) is 8.93. The van der Waals surface area contributed by atoms with E-state index in [2.05, 4.69) is 9.98 Å². The molecule has 4 nitrogen and oxygen atoms in total. The van der Waals surface area contributed by atoms with Crippen molar-refractivity contribution in [3.8, 4) is 11.5 Å². The van der Waals surface area contributed by atoms with E-state index in [-0.39, 0.29) is 11.5 Å². The third kappa shape index (κ3) is 6.72. The Labute approximate surface area is 214 Å². The second-order valence-corrected chi connectivity index (χ2v) is 8.61. The van der Waals surface area contributed by atoms with Crippen LogP contribution in [0.3, 0.4) is 0 Å². The first-order chi connectivity index (χ1) is 17.0. The Bertz CT molecular complexity index is 1240. The first kappa shape index (κ1) is 24.5. The molecular weight excluding hydrogens is 479 g/mol. The summed E-state index contributed by atoms with van der Waals surface area (Å²) in [6, 6.07) is 26.5. The number of aliphatic imine (C=N–C) groups is 2. The van der Waals surface area contributed by atoms with Crippen molar-refractivity contribution in [2.24, 2.45) is 9.98 Å². The van der Waals surface area contributed by atoms with Gasteiger partial charge in [-0.2, -0.15) is 0 Å². The number of phenolic OH excluding ortho intramolecular Hbond substituents is 2. The molecule has 0 aliphatic heterocycles. The van der Waals surface area contributed by atoms with Gasteiger partial charge in [0.05, 0.1) is 11.4 Å². The summed E-state index contributed by atoms with van der Waals surface area (Å²) >= 11 is 11.7. The fraction of sp³-hybridized carbons (Fsp3) is 0.103. The zero-order valence-corrected chi connectivity index (χ0v) is 20.4. The molecule has 0 unspecified atom stereocenters. The highest BCUT2D eigenvalue weighted by molar-refractivity contribution is 6.17. The lowest BCUT2D eigenvalue weighted by Crippen LogP contribution is -1.88. The van der Waals surface area contributed by atoms with Crippen LogP contribution < -0.4 is 0 Å². The molecule has 0 atom stereocenters. The molecule has 0 heterocycles. The van der Waals surface area contributed by atoms with E-state index in [1.54, 1.807) is 36.7 Å². The summed E-state index contributed by atoms with van der Waals surface area (Å²) in [7, 11) is 0. The van der Waals surface area contributed by atoms with E-state index in [9.17, 15) is 10.2 Å². The first-order valence-corrected chi connectivity index (χ1v) is 12.1. The molecule has 2 N–H and O–H groups in total. The Balaban J connectivity index is 1.38. The van der Waals surface area contributed by atoms with Crippen LogP contribution in [-0.2, 0) is 18.2 Å². The lowest BCUT2D eigenvalue weighted by molar-refractivity contribution is 0.474. The Hall–Kier alpha value is -3.60. The molecule has 4 aromatic rings. The van der Waals surface area contributed by atoms with E-state index >= 15 is 0 Å². The molecule has 0 spiro atoms. The van der Waals surface area contributed by atoms with Gasteiger partial charge in [0, 0.05) is 35.3 Å². The van der Waals surface area contributed by atoms with Crippen LogP contribution in [0.25, 0.3) is 0 Å². The van der Waals surface area contributed by atoms with Gasteiger partial charge in [0.15, 0.2) is 0 Å². The molecule has 176 valence electrons. The SMILES string of the molecule is Oc1ccc(CCl)cc1C=Nc1ccc(Cc2ccc(N=Cc3cc(CCl)ccc3O)cc2)cc1. The second kappa shape index (κ2) is 11.7. The predicted molar refractivity (Wildman–Crippen MR) is 146 cm³/mol. The molecular formula is C29H24Cl2N2O2. The van der Waals surface area contributed by atoms with Crippen molar-refractivity contribution in [2.45, 2.75) is 18.2 Å². The van der Waals surface area contributed by atoms with Crippen molar-refractivity contribution in [3.05, 3.63) is 118 Å². The van der Waals surface area contributed by atoms with Crippen LogP contribution in [0.1, 0.15) is 33.4 Å². The Kier molecular flexibility index (Phi) is 8.19. The van der Waals surface area contributed by atoms with Crippen molar-refractivity contribution < 1.29 is 10.2 Å². The molecule has 4 aromatic carbocycles. The van der Waals surface area contributed by atoms with Crippen LogP contribution in [0.4, 0.5) is 11.4 Å². The van der Waals surface area contributed by atoms with Crippen molar-refractivity contribution in [2.75, 3.05) is 0 Å². The maximum Gasteiger partial charge on any atom is 0.124 e. The molecule has 0 radical (unpaired) electrons. The minimum absolute atomic E-state index is 0.174. The normalized spacial score (nSPS) is 11.5. The topological polar surface area (TPSA) is 65.2 Å². The van der Waals surface area contributed by atoms with Gasteiger partial charge in [0.2, 0.25) is 0 Å². The van der Waals surface area contributed by atoms with E-state index < -0.39 is 0 Å². The number of phenols is 2. The van der Waals surface area contributed by atoms with Gasteiger partial charge in [-0.25, -0.2) is 0 Å². The number of hydrogen-bond acceptors (Lipinski definition) is 4. The summed E-state index contributed by atoms with van der Waals surface area (Å²) in [5, 5.41) is 20.0. The molecule has 0 amide bonds. The van der Waals surface area contributed by atoms with Gasteiger partial charge in [-0.1, -0.05) is 36.4 Å². The van der Waals surface area contributed by atoms with Gasteiger partial charge >= 0.3 is 0 Å². The minimum Gasteiger partial charge on any atom is -0.507 e. The number of aromatic hydroxyl groups is 2. The predicted octanol–water partition coefficient (Wildman–Crippen LogP) is 7.67. The van der Waals surface area contributed by atoms with Crippen molar-refractivity contribution in [1.29, 1.82) is 0 Å². The molecule has 0 aliphatic carbocycles. The molecule has 0 fully saturated rings. The molecule has 0 aliphatic rings. The highest BCUT2D eigenvalue weighted by atomic mass is 35.5. The van der Waals surface area contributed by atoms with E-state index in [0.717, 1.165) is 40.0 Å². The average Bonchev–Trinajstić information content (AvgIpc) is 2.89. The quantitative estimate of drug-likeness (QED) is 0.191. The van der Waals surface area contributed by atoms with Crippen LogP contribution in [0.5, 0.6) is 11.5 Å². The van der Waals surface area contributed by atoms with E-state index in [0.29, 0.717) is 22.9 Å². The third-order valence-electron chi connectivity index (χ3n) is 5.48. The zero-order valence-electron chi connectivity index (χ0n) is 18.9. The number of benzene rings is 4. The average molecular weight is 503 g/mol. The van der Waals surface area contributed by atoms with Crippen LogP contribution >= 0.6 is 23.2 Å². The van der Waals surface area contributed by atoms with Gasteiger partial charge in [-0.3, -0.25) is 9.98 Å². The second-order valence-electron chi connectivity index (χ2n) is 8.08. The third-order valence-corrected chi connectivity index (χ3v) is 6.10. The fourth-order valence-corrected chi connectivity index (χ4v) is 3.84. The Morgan fingerprint density at radius 3 is 1.29 bits per heavy atom. The van der Waals surface area contributed by atoms with Gasteiger partial charge < -0.3 is 10.2 Å². The van der Waals surface area contributed by atoms with Crippen molar-refractivity contribution >= 4 is 47.0 Å². The molecule has 35 heavy (non-hydrogen) atoms. The number of rotatable bonds is 8. The van der Waals surface area contributed by atoms with Crippen LogP contribution in [-0.4, -0.2) is 22.6 Å². The van der Waals surface area contributed by atoms with Crippen molar-refractivity contribution in [3.63, 3.8) is 0 Å². The number of nitrogens with zero attached hydrogens (tertiary/aromatic N) is 2. The van der Waals surface area contributed by atoms with Crippen LogP contribution in [0.2, 0.25) is 0 Å². The molecule has 0 saturated heterocycles. The molecule has 6 heteroatoms. The first-order valence-electron chi connectivity index (χ1n) is 11.1. The molecule has 0 saturated carbocycles.